The van der Waals surface area contributed by atoms with Crippen LogP contribution in [0.25, 0.3) is 10.9 Å². The van der Waals surface area contributed by atoms with Crippen molar-refractivity contribution in [1.29, 1.82) is 0 Å². The minimum Gasteiger partial charge on any atom is -0.502 e. The van der Waals surface area contributed by atoms with Gasteiger partial charge in [0, 0.05) is 51.1 Å². The van der Waals surface area contributed by atoms with Crippen molar-refractivity contribution in [1.82, 2.24) is 4.57 Å². The highest BCUT2D eigenvalue weighted by molar-refractivity contribution is 6.25. The molecular weight excluding hydrogens is 495 g/mol. The summed E-state index contributed by atoms with van der Waals surface area (Å²) in [6.07, 6.45) is 2.95. The van der Waals surface area contributed by atoms with Gasteiger partial charge in [0.2, 0.25) is 5.43 Å². The highest BCUT2D eigenvalue weighted by Gasteiger charge is 2.36. The first kappa shape index (κ1) is 27.9. The summed E-state index contributed by atoms with van der Waals surface area (Å²) in [4.78, 5) is 45.8. The number of aromatic nitrogens is 1. The molecule has 2 fully saturated rings. The van der Waals surface area contributed by atoms with Crippen LogP contribution >= 0.6 is 0 Å². The number of benzene rings is 1. The molecule has 2 heterocycles. The lowest BCUT2D eigenvalue weighted by atomic mass is 10.1. The molecule has 11 nitrogen and oxygen atoms in total. The Labute approximate surface area is 211 Å². The SMILES string of the molecule is CC(=O)OBOC(C)=O.COc1c(N2CC(N)C(CF)C2)c(F)cc2c(=O)c(C(=O)O)cn(C3CC3)c12. The van der Waals surface area contributed by atoms with Gasteiger partial charge in [0.15, 0.2) is 11.6 Å². The third-order valence-corrected chi connectivity index (χ3v) is 6.10. The number of anilines is 1. The van der Waals surface area contributed by atoms with Gasteiger partial charge in [0.05, 0.1) is 24.7 Å². The van der Waals surface area contributed by atoms with Gasteiger partial charge in [-0.25, -0.2) is 9.18 Å². The van der Waals surface area contributed by atoms with E-state index in [-0.39, 0.29) is 43.6 Å². The Bertz CT molecular complexity index is 1250. The minimum absolute atomic E-state index is 0.0211. The molecule has 0 bridgehead atoms. The van der Waals surface area contributed by atoms with Gasteiger partial charge >= 0.3 is 13.7 Å². The molecule has 2 unspecified atom stereocenters. The maximum atomic E-state index is 15.1. The van der Waals surface area contributed by atoms with Crippen LogP contribution in [0.1, 0.15) is 43.1 Å². The van der Waals surface area contributed by atoms with Crippen LogP contribution in [-0.4, -0.2) is 68.2 Å². The zero-order chi connectivity index (χ0) is 27.4. The van der Waals surface area contributed by atoms with E-state index in [1.807, 2.05) is 0 Å². The van der Waals surface area contributed by atoms with Crippen molar-refractivity contribution in [3.8, 4) is 5.75 Å². The third-order valence-electron chi connectivity index (χ3n) is 6.10. The van der Waals surface area contributed by atoms with Crippen molar-refractivity contribution < 1.29 is 42.3 Å². The molecule has 4 rings (SSSR count). The van der Waals surface area contributed by atoms with Crippen LogP contribution < -0.4 is 20.8 Å². The molecule has 2 atom stereocenters. The average Bonchev–Trinajstić information content (AvgIpc) is 3.60. The number of carbonyl (C=O) groups excluding carboxylic acids is 2. The first-order valence-corrected chi connectivity index (χ1v) is 11.5. The number of hydrogen-bond donors (Lipinski definition) is 2. The molecule has 0 amide bonds. The molecule has 2 aliphatic rings. The van der Waals surface area contributed by atoms with Crippen LogP contribution in [0.3, 0.4) is 0 Å². The topological polar surface area (TPSA) is 150 Å². The summed E-state index contributed by atoms with van der Waals surface area (Å²) in [5.41, 5.74) is 5.28. The Kier molecular flexibility index (Phi) is 8.74. The van der Waals surface area contributed by atoms with Crippen LogP contribution in [0.2, 0.25) is 0 Å². The number of carboxylic acids is 1. The molecular formula is C23H28BF2N3O8. The van der Waals surface area contributed by atoms with E-state index in [4.69, 9.17) is 10.5 Å². The number of pyridine rings is 1. The Morgan fingerprint density at radius 2 is 1.81 bits per heavy atom. The molecule has 0 spiro atoms. The van der Waals surface area contributed by atoms with Crippen molar-refractivity contribution in [2.24, 2.45) is 11.7 Å². The van der Waals surface area contributed by atoms with Gasteiger partial charge in [0.25, 0.3) is 11.9 Å². The Morgan fingerprint density at radius 3 is 2.27 bits per heavy atom. The quantitative estimate of drug-likeness (QED) is 0.509. The maximum absolute atomic E-state index is 15.1. The molecule has 0 radical (unpaired) electrons. The fourth-order valence-electron chi connectivity index (χ4n) is 4.16. The summed E-state index contributed by atoms with van der Waals surface area (Å²) >= 11 is 0. The van der Waals surface area contributed by atoms with Gasteiger partial charge in [0.1, 0.15) is 11.3 Å². The molecule has 1 aromatic carbocycles. The van der Waals surface area contributed by atoms with Gasteiger partial charge < -0.3 is 34.4 Å². The number of alkyl halides is 1. The summed E-state index contributed by atoms with van der Waals surface area (Å²) in [7, 11) is 1.08. The zero-order valence-corrected chi connectivity index (χ0v) is 20.7. The van der Waals surface area contributed by atoms with Crippen LogP contribution in [0.4, 0.5) is 14.5 Å². The molecule has 1 aliphatic heterocycles. The van der Waals surface area contributed by atoms with E-state index in [9.17, 15) is 28.7 Å². The molecule has 37 heavy (non-hydrogen) atoms. The second-order valence-corrected chi connectivity index (χ2v) is 8.82. The first-order chi connectivity index (χ1) is 17.5. The highest BCUT2D eigenvalue weighted by Crippen LogP contribution is 2.44. The number of carboxylic acid groups (broad SMARTS) is 1. The lowest BCUT2D eigenvalue weighted by molar-refractivity contribution is -0.136. The van der Waals surface area contributed by atoms with E-state index in [0.717, 1.165) is 18.9 Å². The number of aromatic carboxylic acids is 1. The van der Waals surface area contributed by atoms with Gasteiger partial charge in [-0.3, -0.25) is 18.8 Å². The average molecular weight is 523 g/mol. The number of nitrogens with zero attached hydrogens (tertiary/aromatic N) is 2. The van der Waals surface area contributed by atoms with Gasteiger partial charge in [-0.05, 0) is 18.9 Å². The zero-order valence-electron chi connectivity index (χ0n) is 20.7. The highest BCUT2D eigenvalue weighted by atomic mass is 19.1. The normalized spacial score (nSPS) is 18.6. The fraction of sp³-hybridized carbons (Fsp3) is 0.478. The summed E-state index contributed by atoms with van der Waals surface area (Å²) in [5, 5.41) is 9.32. The van der Waals surface area contributed by atoms with Crippen LogP contribution in [0.5, 0.6) is 5.75 Å². The number of fused-ring (bicyclic) bond motifs is 1. The molecule has 1 aliphatic carbocycles. The van der Waals surface area contributed by atoms with Crippen molar-refractivity contribution in [2.75, 3.05) is 31.8 Å². The summed E-state index contributed by atoms with van der Waals surface area (Å²) in [6, 6.07) is 0.632. The molecule has 2 aromatic rings. The molecule has 1 saturated heterocycles. The van der Waals surface area contributed by atoms with Gasteiger partial charge in [-0.15, -0.1) is 0 Å². The summed E-state index contributed by atoms with van der Waals surface area (Å²) in [5.74, 6) is -3.28. The third kappa shape index (κ3) is 6.19. The maximum Gasteiger partial charge on any atom is 0.580 e. The number of methoxy groups -OCH3 is 1. The van der Waals surface area contributed by atoms with Gasteiger partial charge in [-0.1, -0.05) is 0 Å². The largest absolute Gasteiger partial charge is 0.580 e. The molecule has 3 N–H and O–H groups in total. The predicted octanol–water partition coefficient (Wildman–Crippen LogP) is 1.29. The number of rotatable bonds is 7. The minimum atomic E-state index is -1.36. The lowest BCUT2D eigenvalue weighted by Crippen LogP contribution is -2.30. The number of carbonyl (C=O) groups is 3. The number of ether oxygens (including phenoxy) is 1. The number of nitrogens with two attached hydrogens (primary N) is 1. The van der Waals surface area contributed by atoms with E-state index in [0.29, 0.717) is 5.52 Å². The van der Waals surface area contributed by atoms with E-state index < -0.39 is 53.4 Å². The molecule has 1 saturated carbocycles. The van der Waals surface area contributed by atoms with Crippen LogP contribution in [0, 0.1) is 11.7 Å². The van der Waals surface area contributed by atoms with E-state index in [1.165, 1.54) is 27.2 Å². The summed E-state index contributed by atoms with van der Waals surface area (Å²) < 4.78 is 44.0. The van der Waals surface area contributed by atoms with Crippen molar-refractivity contribution in [3.05, 3.63) is 33.9 Å². The van der Waals surface area contributed by atoms with Crippen molar-refractivity contribution in [3.63, 3.8) is 0 Å². The van der Waals surface area contributed by atoms with Gasteiger partial charge in [-0.2, -0.15) is 0 Å². The predicted molar refractivity (Wildman–Crippen MR) is 130 cm³/mol. The van der Waals surface area contributed by atoms with E-state index in [1.54, 1.807) is 9.47 Å². The smallest absolute Gasteiger partial charge is 0.502 e. The van der Waals surface area contributed by atoms with Crippen LogP contribution in [0.15, 0.2) is 17.1 Å². The van der Waals surface area contributed by atoms with E-state index >= 15 is 4.39 Å². The van der Waals surface area contributed by atoms with E-state index in [2.05, 4.69) is 9.31 Å². The molecule has 1 aromatic heterocycles. The second-order valence-electron chi connectivity index (χ2n) is 8.82. The molecule has 200 valence electrons. The number of halogens is 2. The summed E-state index contributed by atoms with van der Waals surface area (Å²) in [6.45, 7) is 2.36. The first-order valence-electron chi connectivity index (χ1n) is 11.5. The lowest BCUT2D eigenvalue weighted by Gasteiger charge is -2.24. The fourth-order valence-corrected chi connectivity index (χ4v) is 4.16. The number of hydrogen-bond acceptors (Lipinski definition) is 9. The Morgan fingerprint density at radius 1 is 1.19 bits per heavy atom. The monoisotopic (exact) mass is 523 g/mol. The van der Waals surface area contributed by atoms with Crippen LogP contribution in [-0.2, 0) is 18.9 Å². The Balaban J connectivity index is 0.000000364. The second kappa shape index (κ2) is 11.6. The van der Waals surface area contributed by atoms with Crippen molar-refractivity contribution in [2.45, 2.75) is 38.8 Å². The Hall–Kier alpha value is -3.68. The molecule has 14 heteroatoms. The standard InChI is InChI=1S/C19H21F2N3O4.C4H7BO4/c1-28-18-15-11(17(25)12(19(26)27)7-24(15)10-2-3-10)4-13(21)16(18)23-6-9(5-20)14(22)8-23;1-3(6)8-5-9-4(2)7/h4,7,9-10,14H,2-3,5-6,8,22H2,1H3,(H,26,27);5H,1-2H3. The van der Waals surface area contributed by atoms with Crippen molar-refractivity contribution >= 4 is 42.2 Å².